The smallest absolute Gasteiger partial charge is 0.251 e. The van der Waals surface area contributed by atoms with Gasteiger partial charge in [0.25, 0.3) is 5.91 Å². The predicted octanol–water partition coefficient (Wildman–Crippen LogP) is 2.15. The van der Waals surface area contributed by atoms with Crippen LogP contribution in [0.2, 0.25) is 0 Å². The van der Waals surface area contributed by atoms with Gasteiger partial charge in [0.05, 0.1) is 20.3 Å². The van der Waals surface area contributed by atoms with Crippen LogP contribution < -0.4 is 14.8 Å². The molecule has 0 aliphatic carbocycles. The number of hydrogen-bond acceptors (Lipinski definition) is 4. The van der Waals surface area contributed by atoms with Crippen LogP contribution in [0.1, 0.15) is 36.2 Å². The van der Waals surface area contributed by atoms with Gasteiger partial charge in [-0.1, -0.05) is 13.8 Å². The molecular formula is C16H25NO4. The normalized spacial score (nSPS) is 12.1. The third kappa shape index (κ3) is 4.93. The highest BCUT2D eigenvalue weighted by atomic mass is 16.5. The quantitative estimate of drug-likeness (QED) is 0.809. The number of methoxy groups -OCH3 is 2. The standard InChI is InChI=1S/C16H25NO4/c1-10(2)6-13(18)9-17-16(19)12-7-14(20-4)11(3)15(8-12)21-5/h7-8,10,13,18H,6,9H2,1-5H3,(H,17,19). The fourth-order valence-electron chi connectivity index (χ4n) is 2.16. The van der Waals surface area contributed by atoms with E-state index in [4.69, 9.17) is 9.47 Å². The van der Waals surface area contributed by atoms with Crippen LogP contribution in [-0.4, -0.2) is 37.9 Å². The zero-order valence-corrected chi connectivity index (χ0v) is 13.4. The average molecular weight is 295 g/mol. The van der Waals surface area contributed by atoms with Gasteiger partial charge in [-0.25, -0.2) is 0 Å². The van der Waals surface area contributed by atoms with E-state index in [0.29, 0.717) is 29.4 Å². The van der Waals surface area contributed by atoms with Crippen LogP contribution in [-0.2, 0) is 0 Å². The van der Waals surface area contributed by atoms with Crippen molar-refractivity contribution in [3.63, 3.8) is 0 Å². The fraction of sp³-hybridized carbons (Fsp3) is 0.562. The molecule has 0 radical (unpaired) electrons. The van der Waals surface area contributed by atoms with Crippen molar-refractivity contribution in [2.24, 2.45) is 5.92 Å². The summed E-state index contributed by atoms with van der Waals surface area (Å²) < 4.78 is 10.5. The molecule has 1 aromatic carbocycles. The highest BCUT2D eigenvalue weighted by Crippen LogP contribution is 2.29. The molecule has 21 heavy (non-hydrogen) atoms. The van der Waals surface area contributed by atoms with Crippen molar-refractivity contribution in [3.8, 4) is 11.5 Å². The molecule has 0 saturated heterocycles. The molecule has 1 atom stereocenters. The number of amides is 1. The SMILES string of the molecule is COc1cc(C(=O)NCC(O)CC(C)C)cc(OC)c1C. The Balaban J connectivity index is 2.78. The minimum absolute atomic E-state index is 0.232. The lowest BCUT2D eigenvalue weighted by Gasteiger charge is -2.15. The Bertz CT molecular complexity index is 460. The summed E-state index contributed by atoms with van der Waals surface area (Å²) in [5, 5.41) is 12.5. The molecule has 0 aliphatic heterocycles. The second-order valence-corrected chi connectivity index (χ2v) is 5.50. The Morgan fingerprint density at radius 2 is 1.76 bits per heavy atom. The Morgan fingerprint density at radius 1 is 1.24 bits per heavy atom. The summed E-state index contributed by atoms with van der Waals surface area (Å²) in [7, 11) is 3.10. The second-order valence-electron chi connectivity index (χ2n) is 5.50. The first-order valence-corrected chi connectivity index (χ1v) is 7.07. The molecule has 1 aromatic rings. The molecule has 0 aromatic heterocycles. The first-order chi connectivity index (χ1) is 9.88. The van der Waals surface area contributed by atoms with E-state index in [1.54, 1.807) is 26.4 Å². The average Bonchev–Trinajstić information content (AvgIpc) is 2.44. The highest BCUT2D eigenvalue weighted by Gasteiger charge is 2.15. The summed E-state index contributed by atoms with van der Waals surface area (Å²) >= 11 is 0. The molecule has 1 unspecified atom stereocenters. The Hall–Kier alpha value is -1.75. The predicted molar refractivity (Wildman–Crippen MR) is 82.1 cm³/mol. The number of aliphatic hydroxyl groups is 1. The molecular weight excluding hydrogens is 270 g/mol. The van der Waals surface area contributed by atoms with E-state index >= 15 is 0 Å². The van der Waals surface area contributed by atoms with E-state index in [9.17, 15) is 9.90 Å². The van der Waals surface area contributed by atoms with E-state index in [1.165, 1.54) is 0 Å². The molecule has 0 spiro atoms. The first kappa shape index (κ1) is 17.3. The van der Waals surface area contributed by atoms with Gasteiger partial charge in [0.1, 0.15) is 11.5 Å². The summed E-state index contributed by atoms with van der Waals surface area (Å²) in [4.78, 5) is 12.1. The van der Waals surface area contributed by atoms with Crippen molar-refractivity contribution in [2.75, 3.05) is 20.8 Å². The van der Waals surface area contributed by atoms with E-state index < -0.39 is 6.10 Å². The molecule has 0 heterocycles. The monoisotopic (exact) mass is 295 g/mol. The largest absolute Gasteiger partial charge is 0.496 e. The maximum Gasteiger partial charge on any atom is 0.251 e. The zero-order valence-electron chi connectivity index (χ0n) is 13.4. The van der Waals surface area contributed by atoms with Crippen molar-refractivity contribution in [2.45, 2.75) is 33.3 Å². The minimum Gasteiger partial charge on any atom is -0.496 e. The topological polar surface area (TPSA) is 67.8 Å². The highest BCUT2D eigenvalue weighted by molar-refractivity contribution is 5.95. The molecule has 5 heteroatoms. The van der Waals surface area contributed by atoms with E-state index in [-0.39, 0.29) is 12.5 Å². The number of rotatable bonds is 7. The number of carbonyl (C=O) groups excluding carboxylic acids is 1. The Kier molecular flexibility index (Phi) is 6.49. The van der Waals surface area contributed by atoms with Gasteiger partial charge in [0.2, 0.25) is 0 Å². The van der Waals surface area contributed by atoms with Gasteiger partial charge >= 0.3 is 0 Å². The van der Waals surface area contributed by atoms with Gasteiger partial charge < -0.3 is 19.9 Å². The summed E-state index contributed by atoms with van der Waals surface area (Å²) in [6, 6.07) is 3.34. The van der Waals surface area contributed by atoms with Crippen LogP contribution in [0.3, 0.4) is 0 Å². The van der Waals surface area contributed by atoms with Crippen molar-refractivity contribution < 1.29 is 19.4 Å². The summed E-state index contributed by atoms with van der Waals surface area (Å²) in [5.74, 6) is 1.33. The van der Waals surface area contributed by atoms with Crippen molar-refractivity contribution in [1.82, 2.24) is 5.32 Å². The van der Waals surface area contributed by atoms with Crippen LogP contribution >= 0.6 is 0 Å². The molecule has 0 aliphatic rings. The fourth-order valence-corrected chi connectivity index (χ4v) is 2.16. The lowest BCUT2D eigenvalue weighted by Crippen LogP contribution is -2.32. The molecule has 0 saturated carbocycles. The van der Waals surface area contributed by atoms with Crippen LogP contribution in [0.5, 0.6) is 11.5 Å². The number of nitrogens with one attached hydrogen (secondary N) is 1. The number of ether oxygens (including phenoxy) is 2. The summed E-state index contributed by atoms with van der Waals surface area (Å²) in [6.07, 6.45) is 0.115. The minimum atomic E-state index is -0.539. The van der Waals surface area contributed by atoms with E-state index in [1.807, 2.05) is 20.8 Å². The van der Waals surface area contributed by atoms with Crippen molar-refractivity contribution >= 4 is 5.91 Å². The second kappa shape index (κ2) is 7.88. The number of carbonyl (C=O) groups is 1. The van der Waals surface area contributed by atoms with Gasteiger partial charge in [-0.05, 0) is 31.4 Å². The first-order valence-electron chi connectivity index (χ1n) is 7.07. The maximum absolute atomic E-state index is 12.1. The van der Waals surface area contributed by atoms with Crippen LogP contribution in [0.4, 0.5) is 0 Å². The zero-order chi connectivity index (χ0) is 16.0. The van der Waals surface area contributed by atoms with Crippen LogP contribution in [0.15, 0.2) is 12.1 Å². The maximum atomic E-state index is 12.1. The lowest BCUT2D eigenvalue weighted by atomic mass is 10.1. The van der Waals surface area contributed by atoms with Crippen molar-refractivity contribution in [1.29, 1.82) is 0 Å². The molecule has 0 bridgehead atoms. The van der Waals surface area contributed by atoms with Crippen molar-refractivity contribution in [3.05, 3.63) is 23.3 Å². The van der Waals surface area contributed by atoms with Gasteiger partial charge in [-0.2, -0.15) is 0 Å². The van der Waals surface area contributed by atoms with E-state index in [0.717, 1.165) is 5.56 Å². The lowest BCUT2D eigenvalue weighted by molar-refractivity contribution is 0.0899. The third-order valence-corrected chi connectivity index (χ3v) is 3.26. The number of benzene rings is 1. The van der Waals surface area contributed by atoms with Crippen LogP contribution in [0.25, 0.3) is 0 Å². The van der Waals surface area contributed by atoms with Gasteiger partial charge in [0, 0.05) is 17.7 Å². The summed E-state index contributed by atoms with van der Waals surface area (Å²) in [5.41, 5.74) is 1.29. The Labute approximate surface area is 126 Å². The number of hydrogen-bond donors (Lipinski definition) is 2. The summed E-state index contributed by atoms with van der Waals surface area (Å²) in [6.45, 7) is 6.16. The van der Waals surface area contributed by atoms with Gasteiger partial charge in [0.15, 0.2) is 0 Å². The molecule has 118 valence electrons. The Morgan fingerprint density at radius 3 is 2.19 bits per heavy atom. The van der Waals surface area contributed by atoms with Crippen LogP contribution in [0, 0.1) is 12.8 Å². The molecule has 2 N–H and O–H groups in total. The number of aliphatic hydroxyl groups excluding tert-OH is 1. The molecule has 5 nitrogen and oxygen atoms in total. The molecule has 1 amide bonds. The van der Waals surface area contributed by atoms with Gasteiger partial charge in [-0.3, -0.25) is 4.79 Å². The van der Waals surface area contributed by atoms with Gasteiger partial charge in [-0.15, -0.1) is 0 Å². The van der Waals surface area contributed by atoms with E-state index in [2.05, 4.69) is 5.32 Å². The molecule has 1 rings (SSSR count). The molecule has 0 fully saturated rings. The third-order valence-electron chi connectivity index (χ3n) is 3.26.